The lowest BCUT2D eigenvalue weighted by molar-refractivity contribution is 0.139. The van der Waals surface area contributed by atoms with E-state index in [0.717, 1.165) is 68.8 Å². The van der Waals surface area contributed by atoms with Gasteiger partial charge in [-0.3, -0.25) is 9.97 Å². The second-order valence-electron chi connectivity index (χ2n) is 12.0. The van der Waals surface area contributed by atoms with E-state index >= 15 is 0 Å². The van der Waals surface area contributed by atoms with Crippen LogP contribution < -0.4 is 14.8 Å². The smallest absolute Gasteiger partial charge is 0.407 e. The summed E-state index contributed by atoms with van der Waals surface area (Å²) in [6.45, 7) is 2.48. The van der Waals surface area contributed by atoms with Crippen LogP contribution in [0.25, 0.3) is 22.3 Å². The van der Waals surface area contributed by atoms with Crippen LogP contribution >= 0.6 is 35.6 Å². The number of aliphatic hydroxyl groups excluding tert-OH is 1. The van der Waals surface area contributed by atoms with Crippen LogP contribution in [0.2, 0.25) is 10.0 Å². The van der Waals surface area contributed by atoms with Crippen molar-refractivity contribution in [2.45, 2.75) is 33.0 Å². The van der Waals surface area contributed by atoms with Crippen LogP contribution in [0.5, 0.6) is 11.5 Å². The molecule has 0 spiro atoms. The Morgan fingerprint density at radius 2 is 1.15 bits per heavy atom. The molecule has 0 bridgehead atoms. The summed E-state index contributed by atoms with van der Waals surface area (Å²) in [4.78, 5) is 20.0. The van der Waals surface area contributed by atoms with Gasteiger partial charge in [0.2, 0.25) is 0 Å². The number of methoxy groups -OCH3 is 2. The molecule has 54 heavy (non-hydrogen) atoms. The van der Waals surface area contributed by atoms with E-state index in [2.05, 4.69) is 27.4 Å². The first kappa shape index (κ1) is 41.6. The molecule has 0 aliphatic rings. The molecule has 280 valence electrons. The number of hydrogen-bond donors (Lipinski definition) is 2. The zero-order valence-electron chi connectivity index (χ0n) is 30.2. The number of alkyl carbamates (subject to hydrolysis) is 1. The summed E-state index contributed by atoms with van der Waals surface area (Å²) in [7, 11) is 3.33. The molecule has 4 aromatic carbocycles. The predicted molar refractivity (Wildman–Crippen MR) is 218 cm³/mol. The van der Waals surface area contributed by atoms with E-state index in [4.69, 9.17) is 42.5 Å². The van der Waals surface area contributed by atoms with Gasteiger partial charge < -0.3 is 24.6 Å². The fourth-order valence-electron chi connectivity index (χ4n) is 5.60. The number of ether oxygens (including phenoxy) is 3. The lowest BCUT2D eigenvalue weighted by atomic mass is 9.98. The van der Waals surface area contributed by atoms with Gasteiger partial charge in [0.15, 0.2) is 0 Å². The molecule has 0 radical (unpaired) electrons. The van der Waals surface area contributed by atoms with E-state index < -0.39 is 6.09 Å². The maximum atomic E-state index is 11.4. The zero-order valence-corrected chi connectivity index (χ0v) is 32.5. The van der Waals surface area contributed by atoms with Crippen molar-refractivity contribution in [3.8, 4) is 33.8 Å². The van der Waals surface area contributed by atoms with Gasteiger partial charge in [-0.1, -0.05) is 71.7 Å². The number of nitrogens with zero attached hydrogens (tertiary/aromatic N) is 2. The average Bonchev–Trinajstić information content (AvgIpc) is 3.18. The highest BCUT2D eigenvalue weighted by atomic mass is 35.5. The fraction of sp³-hybridized carbons (Fsp3) is 0.186. The molecule has 2 aromatic heterocycles. The number of aromatic nitrogens is 2. The summed E-state index contributed by atoms with van der Waals surface area (Å²) in [5.74, 6) is 1.61. The Balaban J connectivity index is 0.000000240. The Labute approximate surface area is 332 Å². The van der Waals surface area contributed by atoms with E-state index in [1.54, 1.807) is 26.6 Å². The summed E-state index contributed by atoms with van der Waals surface area (Å²) < 4.78 is 16.1. The molecule has 0 aliphatic heterocycles. The largest absolute Gasteiger partial charge is 0.496 e. The minimum absolute atomic E-state index is 0. The number of amides is 1. The molecule has 0 saturated carbocycles. The van der Waals surface area contributed by atoms with E-state index in [0.29, 0.717) is 28.0 Å². The summed E-state index contributed by atoms with van der Waals surface area (Å²) in [6.07, 6.45) is 4.65. The van der Waals surface area contributed by atoms with Gasteiger partial charge in [0.25, 0.3) is 0 Å². The maximum Gasteiger partial charge on any atom is 0.407 e. The standard InChI is InChI=1S/C23H23ClN2O3.C20H18ClNO2.ClH/c1-3-25-23(27)29-15-20-9-7-17(14-26-20)11-16-8-10-22(28-2)21(12-16)18-5-4-6-19(24)13-18;1-24-20-8-6-14(9-15-5-7-18(13-23)22-12-15)10-19(20)16-3-2-4-17(21)11-16;/h4-10,12-14H,3,11,15H2,1-2H3,(H,25,27);2-8,10-12,23H,9,13H2,1H3;1H. The molecule has 2 N–H and O–H groups in total. The first-order valence-corrected chi connectivity index (χ1v) is 17.8. The van der Waals surface area contributed by atoms with E-state index in [9.17, 15) is 4.79 Å². The number of carbonyl (C=O) groups excluding carboxylic acids is 1. The van der Waals surface area contributed by atoms with Crippen molar-refractivity contribution in [3.05, 3.63) is 165 Å². The minimum atomic E-state index is -0.440. The van der Waals surface area contributed by atoms with Gasteiger partial charge in [-0.15, -0.1) is 12.4 Å². The molecule has 6 aromatic rings. The third-order valence-corrected chi connectivity index (χ3v) is 8.69. The summed E-state index contributed by atoms with van der Waals surface area (Å²) >= 11 is 12.3. The number of aliphatic hydroxyl groups is 1. The number of halogens is 3. The number of benzene rings is 4. The van der Waals surface area contributed by atoms with Crippen LogP contribution in [0.4, 0.5) is 4.79 Å². The normalized spacial score (nSPS) is 10.3. The van der Waals surface area contributed by atoms with Crippen LogP contribution in [0.1, 0.15) is 40.6 Å². The van der Waals surface area contributed by atoms with Crippen molar-refractivity contribution >= 4 is 41.7 Å². The van der Waals surface area contributed by atoms with Crippen LogP contribution in [-0.4, -0.2) is 41.9 Å². The van der Waals surface area contributed by atoms with Gasteiger partial charge in [0, 0.05) is 40.1 Å². The highest BCUT2D eigenvalue weighted by Crippen LogP contribution is 2.34. The molecule has 0 atom stereocenters. The SMILES string of the molecule is CCNC(=O)OCc1ccc(Cc2ccc(OC)c(-c3cccc(Cl)c3)c2)cn1.COc1ccc(Cc2ccc(CO)nc2)cc1-c1cccc(Cl)c1.Cl. The fourth-order valence-corrected chi connectivity index (χ4v) is 5.98. The van der Waals surface area contributed by atoms with E-state index in [1.807, 2.05) is 104 Å². The Morgan fingerprint density at radius 1 is 0.667 bits per heavy atom. The van der Waals surface area contributed by atoms with Crippen LogP contribution in [0.3, 0.4) is 0 Å². The molecular weight excluding hydrogens is 745 g/mol. The van der Waals surface area contributed by atoms with Gasteiger partial charge in [-0.2, -0.15) is 0 Å². The number of hydrogen-bond acceptors (Lipinski definition) is 7. The van der Waals surface area contributed by atoms with Crippen LogP contribution in [-0.2, 0) is 30.8 Å². The second kappa shape index (κ2) is 20.9. The summed E-state index contributed by atoms with van der Waals surface area (Å²) in [6, 6.07) is 35.4. The van der Waals surface area contributed by atoms with Gasteiger partial charge >= 0.3 is 6.09 Å². The van der Waals surface area contributed by atoms with Gasteiger partial charge in [-0.05, 0) is 114 Å². The van der Waals surface area contributed by atoms with Crippen molar-refractivity contribution in [2.75, 3.05) is 20.8 Å². The Morgan fingerprint density at radius 3 is 1.56 bits per heavy atom. The quantitative estimate of drug-likeness (QED) is 0.127. The number of rotatable bonds is 12. The predicted octanol–water partition coefficient (Wildman–Crippen LogP) is 10.2. The molecule has 0 unspecified atom stereocenters. The molecule has 0 saturated heterocycles. The van der Waals surface area contributed by atoms with Crippen molar-refractivity contribution in [1.82, 2.24) is 15.3 Å². The maximum absolute atomic E-state index is 11.4. The van der Waals surface area contributed by atoms with E-state index in [-0.39, 0.29) is 25.6 Å². The molecule has 6 rings (SSSR count). The number of nitrogens with one attached hydrogen (secondary N) is 1. The highest BCUT2D eigenvalue weighted by Gasteiger charge is 2.11. The van der Waals surface area contributed by atoms with Gasteiger partial charge in [0.05, 0.1) is 32.2 Å². The number of pyridine rings is 2. The Bertz CT molecular complexity index is 2110. The molecular formula is C43H42Cl3N3O5. The third-order valence-electron chi connectivity index (χ3n) is 8.22. The van der Waals surface area contributed by atoms with Gasteiger partial charge in [0.1, 0.15) is 18.1 Å². The van der Waals surface area contributed by atoms with Crippen LogP contribution in [0, 0.1) is 0 Å². The second-order valence-corrected chi connectivity index (χ2v) is 12.9. The molecule has 1 amide bonds. The topological polar surface area (TPSA) is 103 Å². The lowest BCUT2D eigenvalue weighted by Gasteiger charge is -2.12. The van der Waals surface area contributed by atoms with Crippen molar-refractivity contribution in [3.63, 3.8) is 0 Å². The van der Waals surface area contributed by atoms with E-state index in [1.165, 1.54) is 0 Å². The molecule has 8 nitrogen and oxygen atoms in total. The Hall–Kier alpha value is -5.12. The summed E-state index contributed by atoms with van der Waals surface area (Å²) in [5.41, 5.74) is 9.86. The summed E-state index contributed by atoms with van der Waals surface area (Å²) in [5, 5.41) is 13.0. The molecule has 2 heterocycles. The average molecular weight is 787 g/mol. The van der Waals surface area contributed by atoms with Crippen LogP contribution in [0.15, 0.2) is 122 Å². The zero-order chi connectivity index (χ0) is 37.6. The highest BCUT2D eigenvalue weighted by molar-refractivity contribution is 6.31. The molecule has 11 heteroatoms. The minimum Gasteiger partial charge on any atom is -0.496 e. The van der Waals surface area contributed by atoms with Crippen molar-refractivity contribution in [1.29, 1.82) is 0 Å². The van der Waals surface area contributed by atoms with Crippen molar-refractivity contribution < 1.29 is 24.1 Å². The first-order valence-electron chi connectivity index (χ1n) is 17.0. The molecule has 0 aliphatic carbocycles. The Kier molecular flexibility index (Phi) is 16.1. The molecule has 0 fully saturated rings. The van der Waals surface area contributed by atoms with Gasteiger partial charge in [-0.25, -0.2) is 4.79 Å². The first-order chi connectivity index (χ1) is 25.8. The van der Waals surface area contributed by atoms with Crippen molar-refractivity contribution in [2.24, 2.45) is 0 Å². The lowest BCUT2D eigenvalue weighted by Crippen LogP contribution is -2.23. The monoisotopic (exact) mass is 785 g/mol. The number of carbonyl (C=O) groups is 1. The third kappa shape index (κ3) is 11.9.